The molecule has 2 N–H and O–H groups in total. The van der Waals surface area contributed by atoms with Crippen LogP contribution in [0.1, 0.15) is 32.8 Å². The SMILES string of the molecule is CC(C)CCNN([C]=O)C(Cc1ccccc1)C(C)O. The molecule has 20 heavy (non-hydrogen) atoms. The van der Waals surface area contributed by atoms with Gasteiger partial charge in [0.05, 0.1) is 12.1 Å². The number of carbonyl (C=O) groups excluding carboxylic acids is 1. The summed E-state index contributed by atoms with van der Waals surface area (Å²) >= 11 is 0. The molecule has 1 aromatic carbocycles. The van der Waals surface area contributed by atoms with E-state index in [1.807, 2.05) is 36.7 Å². The molecule has 111 valence electrons. The minimum atomic E-state index is -0.622. The summed E-state index contributed by atoms with van der Waals surface area (Å²) in [7, 11) is 0. The lowest BCUT2D eigenvalue weighted by Crippen LogP contribution is -2.51. The van der Waals surface area contributed by atoms with Crippen LogP contribution < -0.4 is 5.43 Å². The van der Waals surface area contributed by atoms with E-state index in [-0.39, 0.29) is 6.04 Å². The molecular formula is C16H25N2O2. The molecule has 0 aromatic heterocycles. The first-order valence-electron chi connectivity index (χ1n) is 7.17. The van der Waals surface area contributed by atoms with Crippen LogP contribution in [-0.2, 0) is 11.2 Å². The number of amides is 1. The number of nitrogens with one attached hydrogen (secondary N) is 1. The van der Waals surface area contributed by atoms with Crippen molar-refractivity contribution in [3.63, 3.8) is 0 Å². The zero-order valence-electron chi connectivity index (χ0n) is 12.5. The van der Waals surface area contributed by atoms with E-state index in [1.54, 1.807) is 6.92 Å². The fraction of sp³-hybridized carbons (Fsp3) is 0.562. The van der Waals surface area contributed by atoms with E-state index >= 15 is 0 Å². The molecule has 0 bridgehead atoms. The maximum atomic E-state index is 11.1. The molecule has 0 saturated heterocycles. The van der Waals surface area contributed by atoms with Gasteiger partial charge in [0.1, 0.15) is 0 Å². The predicted molar refractivity (Wildman–Crippen MR) is 80.6 cm³/mol. The van der Waals surface area contributed by atoms with Crippen molar-refractivity contribution in [2.24, 2.45) is 5.92 Å². The van der Waals surface area contributed by atoms with E-state index in [1.165, 1.54) is 5.01 Å². The zero-order chi connectivity index (χ0) is 15.0. The first-order valence-corrected chi connectivity index (χ1v) is 7.17. The van der Waals surface area contributed by atoms with Crippen LogP contribution >= 0.6 is 0 Å². The van der Waals surface area contributed by atoms with Gasteiger partial charge in [-0.25, -0.2) is 5.43 Å². The van der Waals surface area contributed by atoms with E-state index in [2.05, 4.69) is 19.3 Å². The van der Waals surface area contributed by atoms with Crippen molar-refractivity contribution in [3.8, 4) is 0 Å². The van der Waals surface area contributed by atoms with E-state index in [0.29, 0.717) is 18.9 Å². The summed E-state index contributed by atoms with van der Waals surface area (Å²) in [4.78, 5) is 11.1. The van der Waals surface area contributed by atoms with Crippen molar-refractivity contribution in [1.82, 2.24) is 10.4 Å². The first-order chi connectivity index (χ1) is 9.54. The van der Waals surface area contributed by atoms with Gasteiger partial charge in [0, 0.05) is 6.54 Å². The second kappa shape index (κ2) is 8.72. The van der Waals surface area contributed by atoms with Crippen LogP contribution in [-0.4, -0.2) is 35.2 Å². The average Bonchev–Trinajstić information content (AvgIpc) is 2.42. The smallest absolute Gasteiger partial charge is 0.327 e. The van der Waals surface area contributed by atoms with Crippen LogP contribution in [0.25, 0.3) is 0 Å². The summed E-state index contributed by atoms with van der Waals surface area (Å²) in [6.07, 6.45) is 2.84. The van der Waals surface area contributed by atoms with Crippen LogP contribution in [0.4, 0.5) is 0 Å². The monoisotopic (exact) mass is 277 g/mol. The summed E-state index contributed by atoms with van der Waals surface area (Å²) in [6.45, 7) is 6.66. The molecule has 0 aliphatic heterocycles. The van der Waals surface area contributed by atoms with Gasteiger partial charge >= 0.3 is 6.41 Å². The van der Waals surface area contributed by atoms with Crippen LogP contribution in [0, 0.1) is 5.92 Å². The number of nitrogens with zero attached hydrogens (tertiary/aromatic N) is 1. The molecule has 1 amide bonds. The van der Waals surface area contributed by atoms with Gasteiger partial charge < -0.3 is 5.11 Å². The largest absolute Gasteiger partial charge is 0.391 e. The fourth-order valence-corrected chi connectivity index (χ4v) is 2.02. The van der Waals surface area contributed by atoms with Crippen molar-refractivity contribution < 1.29 is 9.90 Å². The standard InChI is InChI=1S/C16H25N2O2/c1-13(2)9-10-17-18(12-19)16(14(3)20)11-15-7-5-4-6-8-15/h4-8,13-14,16-17,20H,9-11H2,1-3H3. The maximum absolute atomic E-state index is 11.1. The molecule has 0 saturated carbocycles. The fourth-order valence-electron chi connectivity index (χ4n) is 2.02. The van der Waals surface area contributed by atoms with Gasteiger partial charge in [-0.2, -0.15) is 0 Å². The normalized spacial score (nSPS) is 14.1. The number of hydrazine groups is 1. The van der Waals surface area contributed by atoms with Gasteiger partial charge in [-0.3, -0.25) is 9.80 Å². The predicted octanol–water partition coefficient (Wildman–Crippen LogP) is 1.90. The highest BCUT2D eigenvalue weighted by Crippen LogP contribution is 2.10. The molecule has 2 unspecified atom stereocenters. The topological polar surface area (TPSA) is 52.6 Å². The lowest BCUT2D eigenvalue weighted by atomic mass is 10.0. The Bertz CT molecular complexity index is 379. The van der Waals surface area contributed by atoms with Crippen molar-refractivity contribution in [3.05, 3.63) is 35.9 Å². The Morgan fingerprint density at radius 3 is 2.40 bits per heavy atom. The molecule has 1 radical (unpaired) electrons. The number of hydrogen-bond donors (Lipinski definition) is 2. The van der Waals surface area contributed by atoms with Crippen molar-refractivity contribution >= 4 is 6.41 Å². The lowest BCUT2D eigenvalue weighted by Gasteiger charge is -2.30. The molecule has 4 nitrogen and oxygen atoms in total. The zero-order valence-corrected chi connectivity index (χ0v) is 12.5. The molecular weight excluding hydrogens is 252 g/mol. The third-order valence-electron chi connectivity index (χ3n) is 3.28. The third kappa shape index (κ3) is 5.72. The van der Waals surface area contributed by atoms with Crippen molar-refractivity contribution in [2.45, 2.75) is 45.8 Å². The van der Waals surface area contributed by atoms with E-state index in [9.17, 15) is 9.90 Å². The molecule has 2 atom stereocenters. The van der Waals surface area contributed by atoms with E-state index in [0.717, 1.165) is 12.0 Å². The highest BCUT2D eigenvalue weighted by Gasteiger charge is 2.23. The Labute approximate surface area is 121 Å². The summed E-state index contributed by atoms with van der Waals surface area (Å²) in [5.74, 6) is 0.565. The van der Waals surface area contributed by atoms with Gasteiger partial charge in [0.15, 0.2) is 0 Å². The molecule has 1 rings (SSSR count). The van der Waals surface area contributed by atoms with Gasteiger partial charge in [-0.1, -0.05) is 44.2 Å². The molecule has 0 fully saturated rings. The first kappa shape index (κ1) is 16.7. The summed E-state index contributed by atoms with van der Waals surface area (Å²) in [5.41, 5.74) is 4.14. The van der Waals surface area contributed by atoms with Gasteiger partial charge in [0.2, 0.25) is 0 Å². The molecule has 0 aliphatic rings. The summed E-state index contributed by atoms with van der Waals surface area (Å²) < 4.78 is 0. The maximum Gasteiger partial charge on any atom is 0.327 e. The van der Waals surface area contributed by atoms with Crippen LogP contribution in [0.2, 0.25) is 0 Å². The van der Waals surface area contributed by atoms with Crippen LogP contribution in [0.15, 0.2) is 30.3 Å². The summed E-state index contributed by atoms with van der Waals surface area (Å²) in [6, 6.07) is 9.53. The summed E-state index contributed by atoms with van der Waals surface area (Å²) in [5, 5.41) is 11.3. The Hall–Kier alpha value is -1.39. The Balaban J connectivity index is 2.64. The van der Waals surface area contributed by atoms with Crippen LogP contribution in [0.3, 0.4) is 0 Å². The van der Waals surface area contributed by atoms with Crippen molar-refractivity contribution in [2.75, 3.05) is 6.54 Å². The van der Waals surface area contributed by atoms with E-state index < -0.39 is 6.10 Å². The number of aliphatic hydroxyl groups is 1. The average molecular weight is 277 g/mol. The number of benzene rings is 1. The number of hydrogen-bond acceptors (Lipinski definition) is 3. The third-order valence-corrected chi connectivity index (χ3v) is 3.28. The Morgan fingerprint density at radius 2 is 1.90 bits per heavy atom. The number of rotatable bonds is 9. The molecule has 0 heterocycles. The Kier molecular flexibility index (Phi) is 7.26. The highest BCUT2D eigenvalue weighted by molar-refractivity contribution is 5.48. The number of aliphatic hydroxyl groups excluding tert-OH is 1. The molecule has 1 aromatic rings. The van der Waals surface area contributed by atoms with Gasteiger partial charge in [-0.15, -0.1) is 0 Å². The second-order valence-corrected chi connectivity index (χ2v) is 5.55. The van der Waals surface area contributed by atoms with Gasteiger partial charge in [-0.05, 0) is 31.2 Å². The lowest BCUT2D eigenvalue weighted by molar-refractivity contribution is 0.0716. The minimum absolute atomic E-state index is 0.318. The van der Waals surface area contributed by atoms with Crippen LogP contribution in [0.5, 0.6) is 0 Å². The van der Waals surface area contributed by atoms with E-state index in [4.69, 9.17) is 0 Å². The molecule has 0 spiro atoms. The molecule has 0 aliphatic carbocycles. The molecule has 4 heteroatoms. The quantitative estimate of drug-likeness (QED) is 0.535. The Morgan fingerprint density at radius 1 is 1.25 bits per heavy atom. The van der Waals surface area contributed by atoms with Gasteiger partial charge in [0.25, 0.3) is 0 Å². The minimum Gasteiger partial charge on any atom is -0.391 e. The highest BCUT2D eigenvalue weighted by atomic mass is 16.3. The second-order valence-electron chi connectivity index (χ2n) is 5.55. The van der Waals surface area contributed by atoms with Crippen molar-refractivity contribution in [1.29, 1.82) is 0 Å².